The molecular formula is C13H20O. The van der Waals surface area contributed by atoms with Crippen LogP contribution in [0.3, 0.4) is 0 Å². The van der Waals surface area contributed by atoms with Crippen molar-refractivity contribution in [2.75, 3.05) is 0 Å². The van der Waals surface area contributed by atoms with E-state index in [-0.39, 0.29) is 17.1 Å². The Bertz CT molecular complexity index is 301. The topological polar surface area (TPSA) is 17.1 Å². The van der Waals surface area contributed by atoms with E-state index in [2.05, 4.69) is 33.8 Å². The number of allylic oxidation sites excluding steroid dienone is 4. The minimum atomic E-state index is 0.0659. The van der Waals surface area contributed by atoms with Crippen LogP contribution in [0.2, 0.25) is 0 Å². The summed E-state index contributed by atoms with van der Waals surface area (Å²) in [6, 6.07) is 0. The molecule has 1 aliphatic carbocycles. The second-order valence-electron chi connectivity index (χ2n) is 5.28. The third-order valence-corrected chi connectivity index (χ3v) is 2.77. The Morgan fingerprint density at radius 1 is 1.50 bits per heavy atom. The van der Waals surface area contributed by atoms with Crippen LogP contribution in [0.25, 0.3) is 0 Å². The lowest BCUT2D eigenvalue weighted by molar-refractivity contribution is -0.120. The lowest BCUT2D eigenvalue weighted by atomic mass is 9.68. The second kappa shape index (κ2) is 3.72. The molecule has 0 N–H and O–H groups in total. The molecule has 0 aliphatic heterocycles. The second-order valence-corrected chi connectivity index (χ2v) is 5.28. The highest BCUT2D eigenvalue weighted by atomic mass is 16.1. The van der Waals surface area contributed by atoms with Crippen molar-refractivity contribution >= 4 is 5.78 Å². The van der Waals surface area contributed by atoms with Crippen molar-refractivity contribution in [1.29, 1.82) is 0 Å². The van der Waals surface area contributed by atoms with Crippen molar-refractivity contribution in [2.24, 2.45) is 11.3 Å². The first-order valence-electron chi connectivity index (χ1n) is 5.19. The van der Waals surface area contributed by atoms with Gasteiger partial charge in [-0.1, -0.05) is 31.1 Å². The molecule has 0 aromatic carbocycles. The number of carbonyl (C=O) groups excluding carboxylic acids is 1. The van der Waals surface area contributed by atoms with Gasteiger partial charge in [0.05, 0.1) is 0 Å². The lowest BCUT2D eigenvalue weighted by Crippen LogP contribution is -2.32. The Balaban J connectivity index is 3.05. The fourth-order valence-corrected chi connectivity index (χ4v) is 2.24. The normalized spacial score (nSPS) is 25.6. The van der Waals surface area contributed by atoms with Gasteiger partial charge in [-0.2, -0.15) is 0 Å². The van der Waals surface area contributed by atoms with Gasteiger partial charge in [-0.3, -0.25) is 4.79 Å². The molecule has 14 heavy (non-hydrogen) atoms. The molecule has 1 aliphatic rings. The van der Waals surface area contributed by atoms with E-state index in [1.54, 1.807) is 6.08 Å². The van der Waals surface area contributed by atoms with Gasteiger partial charge in [0.1, 0.15) is 0 Å². The summed E-state index contributed by atoms with van der Waals surface area (Å²) < 4.78 is 0. The van der Waals surface area contributed by atoms with Crippen LogP contribution < -0.4 is 0 Å². The quantitative estimate of drug-likeness (QED) is 0.581. The molecule has 0 aromatic rings. The van der Waals surface area contributed by atoms with Gasteiger partial charge in [0.2, 0.25) is 0 Å². The van der Waals surface area contributed by atoms with Crippen LogP contribution in [0.15, 0.2) is 23.3 Å². The molecule has 0 aromatic heterocycles. The third-order valence-electron chi connectivity index (χ3n) is 2.77. The molecule has 78 valence electrons. The Kier molecular flexibility index (Phi) is 2.98. The van der Waals surface area contributed by atoms with E-state index in [0.717, 1.165) is 6.42 Å². The van der Waals surface area contributed by atoms with Crippen LogP contribution in [-0.4, -0.2) is 5.78 Å². The molecule has 1 heteroatoms. The van der Waals surface area contributed by atoms with Crippen LogP contribution in [0, 0.1) is 11.3 Å². The van der Waals surface area contributed by atoms with E-state index in [1.165, 1.54) is 11.1 Å². The van der Waals surface area contributed by atoms with Crippen LogP contribution >= 0.6 is 0 Å². The minimum Gasteiger partial charge on any atom is -0.294 e. The Hall–Kier alpha value is -0.850. The number of hydrogen-bond acceptors (Lipinski definition) is 1. The zero-order chi connectivity index (χ0) is 10.9. The SMILES string of the molecule is CC(C)=CC1C(=O)C=C(C)CC1(C)C. The van der Waals surface area contributed by atoms with Gasteiger partial charge in [-0.25, -0.2) is 0 Å². The molecule has 0 saturated carbocycles. The van der Waals surface area contributed by atoms with Gasteiger partial charge in [0.25, 0.3) is 0 Å². The van der Waals surface area contributed by atoms with Crippen molar-refractivity contribution in [1.82, 2.24) is 0 Å². The predicted molar refractivity (Wildman–Crippen MR) is 60.1 cm³/mol. The summed E-state index contributed by atoms with van der Waals surface area (Å²) >= 11 is 0. The van der Waals surface area contributed by atoms with Gasteiger partial charge in [-0.05, 0) is 38.7 Å². The van der Waals surface area contributed by atoms with Crippen molar-refractivity contribution in [3.8, 4) is 0 Å². The van der Waals surface area contributed by atoms with Crippen LogP contribution in [0.4, 0.5) is 0 Å². The molecule has 1 unspecified atom stereocenters. The zero-order valence-corrected chi connectivity index (χ0v) is 9.85. The highest BCUT2D eigenvalue weighted by Crippen LogP contribution is 2.39. The first-order valence-corrected chi connectivity index (χ1v) is 5.19. The molecular weight excluding hydrogens is 172 g/mol. The first kappa shape index (κ1) is 11.2. The summed E-state index contributed by atoms with van der Waals surface area (Å²) in [5.41, 5.74) is 2.51. The van der Waals surface area contributed by atoms with E-state index < -0.39 is 0 Å². The molecule has 0 fully saturated rings. The standard InChI is InChI=1S/C13H20O/c1-9(2)6-11-12(14)7-10(3)8-13(11,4)5/h6-7,11H,8H2,1-5H3. The Morgan fingerprint density at radius 2 is 2.07 bits per heavy atom. The molecule has 0 heterocycles. The van der Waals surface area contributed by atoms with E-state index in [0.29, 0.717) is 0 Å². The van der Waals surface area contributed by atoms with Crippen molar-refractivity contribution < 1.29 is 4.79 Å². The minimum absolute atomic E-state index is 0.0659. The highest BCUT2D eigenvalue weighted by Gasteiger charge is 2.35. The van der Waals surface area contributed by atoms with Gasteiger partial charge < -0.3 is 0 Å². The maximum atomic E-state index is 11.8. The number of carbonyl (C=O) groups is 1. The van der Waals surface area contributed by atoms with E-state index in [4.69, 9.17) is 0 Å². The molecule has 0 bridgehead atoms. The molecule has 1 nitrogen and oxygen atoms in total. The summed E-state index contributed by atoms with van der Waals surface area (Å²) in [5, 5.41) is 0. The molecule has 1 atom stereocenters. The lowest BCUT2D eigenvalue weighted by Gasteiger charge is -2.35. The van der Waals surface area contributed by atoms with Crippen molar-refractivity contribution in [2.45, 2.75) is 41.0 Å². The maximum absolute atomic E-state index is 11.8. The summed E-state index contributed by atoms with van der Waals surface area (Å²) in [6.07, 6.45) is 4.92. The predicted octanol–water partition coefficient (Wildman–Crippen LogP) is 3.51. The van der Waals surface area contributed by atoms with Crippen LogP contribution in [0.5, 0.6) is 0 Å². The molecule has 1 rings (SSSR count). The van der Waals surface area contributed by atoms with Gasteiger partial charge in [0.15, 0.2) is 5.78 Å². The van der Waals surface area contributed by atoms with Crippen LogP contribution in [0.1, 0.15) is 41.0 Å². The summed E-state index contributed by atoms with van der Waals surface area (Å²) in [5.74, 6) is 0.330. The highest BCUT2D eigenvalue weighted by molar-refractivity contribution is 5.95. The summed E-state index contributed by atoms with van der Waals surface area (Å²) in [6.45, 7) is 10.5. The van der Waals surface area contributed by atoms with E-state index in [9.17, 15) is 4.79 Å². The molecule has 0 spiro atoms. The van der Waals surface area contributed by atoms with E-state index >= 15 is 0 Å². The van der Waals surface area contributed by atoms with Gasteiger partial charge >= 0.3 is 0 Å². The first-order chi connectivity index (χ1) is 6.33. The monoisotopic (exact) mass is 192 g/mol. The largest absolute Gasteiger partial charge is 0.294 e. The van der Waals surface area contributed by atoms with E-state index in [1.807, 2.05) is 6.92 Å². The summed E-state index contributed by atoms with van der Waals surface area (Å²) in [4.78, 5) is 11.8. The Labute approximate surface area is 86.9 Å². The van der Waals surface area contributed by atoms with Gasteiger partial charge in [-0.15, -0.1) is 0 Å². The smallest absolute Gasteiger partial charge is 0.163 e. The number of rotatable bonds is 1. The maximum Gasteiger partial charge on any atom is 0.163 e. The third kappa shape index (κ3) is 2.34. The molecule has 0 saturated heterocycles. The average molecular weight is 192 g/mol. The fourth-order valence-electron chi connectivity index (χ4n) is 2.24. The van der Waals surface area contributed by atoms with Crippen molar-refractivity contribution in [3.63, 3.8) is 0 Å². The van der Waals surface area contributed by atoms with Gasteiger partial charge in [0, 0.05) is 5.92 Å². The number of hydrogen-bond donors (Lipinski definition) is 0. The fraction of sp³-hybridized carbons (Fsp3) is 0.615. The zero-order valence-electron chi connectivity index (χ0n) is 9.85. The van der Waals surface area contributed by atoms with Crippen molar-refractivity contribution in [3.05, 3.63) is 23.3 Å². The summed E-state index contributed by atoms with van der Waals surface area (Å²) in [7, 11) is 0. The average Bonchev–Trinajstić information content (AvgIpc) is 1.95. The van der Waals surface area contributed by atoms with Crippen LogP contribution in [-0.2, 0) is 4.79 Å². The number of ketones is 1. The Morgan fingerprint density at radius 3 is 2.50 bits per heavy atom. The molecule has 0 amide bonds. The molecule has 0 radical (unpaired) electrons.